The maximum absolute atomic E-state index is 12.0. The molecule has 1 saturated heterocycles. The van der Waals surface area contributed by atoms with E-state index in [2.05, 4.69) is 13.8 Å². The van der Waals surface area contributed by atoms with Crippen molar-refractivity contribution in [1.29, 1.82) is 0 Å². The van der Waals surface area contributed by atoms with Crippen LogP contribution in [0.2, 0.25) is 0 Å². The Morgan fingerprint density at radius 1 is 1.19 bits per heavy atom. The van der Waals surface area contributed by atoms with Gasteiger partial charge in [0.25, 0.3) is 0 Å². The Balaban J connectivity index is 1.83. The number of rotatable bonds is 8. The third-order valence-corrected chi connectivity index (χ3v) is 4.45. The summed E-state index contributed by atoms with van der Waals surface area (Å²) in [6, 6.07) is 7.07. The van der Waals surface area contributed by atoms with Crippen molar-refractivity contribution in [2.75, 3.05) is 33.2 Å². The molecular formula is C18H26N2O6. The molecule has 1 fully saturated rings. The van der Waals surface area contributed by atoms with E-state index in [1.807, 2.05) is 24.3 Å². The molecule has 1 aliphatic rings. The average molecular weight is 366 g/mol. The lowest BCUT2D eigenvalue weighted by Crippen LogP contribution is -2.57. The first kappa shape index (κ1) is 20.0. The maximum Gasteiger partial charge on any atom is 0.344 e. The maximum atomic E-state index is 12.0. The molecule has 0 bridgehead atoms. The number of aliphatic hydroxyl groups is 2. The monoisotopic (exact) mass is 366 g/mol. The summed E-state index contributed by atoms with van der Waals surface area (Å²) in [5.41, 5.74) is 1.21. The third-order valence-electron chi connectivity index (χ3n) is 4.45. The zero-order chi connectivity index (χ0) is 19.1. The van der Waals surface area contributed by atoms with Crippen LogP contribution in [0.3, 0.4) is 0 Å². The molecule has 0 aromatic heterocycles. The van der Waals surface area contributed by atoms with Crippen LogP contribution in [0.4, 0.5) is 4.79 Å². The molecule has 0 aliphatic carbocycles. The lowest BCUT2D eigenvalue weighted by Gasteiger charge is -2.37. The van der Waals surface area contributed by atoms with Gasteiger partial charge in [-0.25, -0.2) is 9.59 Å². The summed E-state index contributed by atoms with van der Waals surface area (Å²) >= 11 is 0. The minimum absolute atomic E-state index is 0.0706. The molecule has 1 aromatic rings. The molecule has 2 rings (SSSR count). The van der Waals surface area contributed by atoms with Gasteiger partial charge >= 0.3 is 12.0 Å². The topological polar surface area (TPSA) is 99.5 Å². The van der Waals surface area contributed by atoms with Crippen LogP contribution < -0.4 is 4.74 Å². The Labute approximate surface area is 152 Å². The van der Waals surface area contributed by atoms with Gasteiger partial charge in [0.2, 0.25) is 0 Å². The van der Waals surface area contributed by atoms with Gasteiger partial charge in [-0.2, -0.15) is 0 Å². The van der Waals surface area contributed by atoms with E-state index in [1.165, 1.54) is 5.56 Å². The second kappa shape index (κ2) is 9.40. The van der Waals surface area contributed by atoms with Crippen LogP contribution in [0.25, 0.3) is 0 Å². The molecule has 26 heavy (non-hydrogen) atoms. The summed E-state index contributed by atoms with van der Waals surface area (Å²) in [5, 5.41) is 18.4. The van der Waals surface area contributed by atoms with Crippen LogP contribution in [0, 0.1) is 0 Å². The number of aliphatic hydroxyl groups excluding tert-OH is 2. The predicted octanol–water partition coefficient (Wildman–Crippen LogP) is 1.13. The zero-order valence-electron chi connectivity index (χ0n) is 15.1. The summed E-state index contributed by atoms with van der Waals surface area (Å²) in [6.45, 7) is 3.13. The highest BCUT2D eigenvalue weighted by molar-refractivity contribution is 5.76. The van der Waals surface area contributed by atoms with Crippen LogP contribution in [0.1, 0.15) is 31.7 Å². The SMILES string of the molecule is CCC(C)c1ccc(OCC(=O)OC2CN(CO)C(=O)N(CO)C2)cc1. The number of nitrogens with zero attached hydrogens (tertiary/aromatic N) is 2. The number of ether oxygens (including phenoxy) is 2. The Hall–Kier alpha value is -2.32. The molecule has 0 saturated carbocycles. The molecule has 1 heterocycles. The Morgan fingerprint density at radius 3 is 2.27 bits per heavy atom. The number of hydrogen-bond donors (Lipinski definition) is 2. The largest absolute Gasteiger partial charge is 0.482 e. The van der Waals surface area contributed by atoms with Crippen molar-refractivity contribution < 1.29 is 29.3 Å². The molecule has 8 heteroatoms. The van der Waals surface area contributed by atoms with Gasteiger partial charge in [-0.15, -0.1) is 0 Å². The molecule has 1 unspecified atom stereocenters. The molecule has 0 spiro atoms. The van der Waals surface area contributed by atoms with Gasteiger partial charge in [-0.3, -0.25) is 9.80 Å². The summed E-state index contributed by atoms with van der Waals surface area (Å²) in [4.78, 5) is 26.0. The van der Waals surface area contributed by atoms with E-state index >= 15 is 0 Å². The van der Waals surface area contributed by atoms with E-state index in [0.29, 0.717) is 11.7 Å². The fraction of sp³-hybridized carbons (Fsp3) is 0.556. The van der Waals surface area contributed by atoms with Crippen molar-refractivity contribution in [3.8, 4) is 5.75 Å². The quantitative estimate of drug-likeness (QED) is 0.669. The van der Waals surface area contributed by atoms with Crippen molar-refractivity contribution in [3.05, 3.63) is 29.8 Å². The number of carbonyl (C=O) groups is 2. The van der Waals surface area contributed by atoms with E-state index in [4.69, 9.17) is 9.47 Å². The number of hydrogen-bond acceptors (Lipinski definition) is 6. The zero-order valence-corrected chi connectivity index (χ0v) is 15.1. The van der Waals surface area contributed by atoms with Crippen molar-refractivity contribution in [1.82, 2.24) is 9.80 Å². The normalized spacial score (nSPS) is 16.5. The van der Waals surface area contributed by atoms with Gasteiger partial charge in [-0.1, -0.05) is 26.0 Å². The van der Waals surface area contributed by atoms with Crippen LogP contribution in [0.15, 0.2) is 24.3 Å². The average Bonchev–Trinajstić information content (AvgIpc) is 2.67. The molecular weight excluding hydrogens is 340 g/mol. The van der Waals surface area contributed by atoms with Crippen LogP contribution in [-0.4, -0.2) is 71.3 Å². The molecule has 1 aromatic carbocycles. The summed E-state index contributed by atoms with van der Waals surface area (Å²) in [6.07, 6.45) is 0.405. The Bertz CT molecular complexity index is 590. The van der Waals surface area contributed by atoms with E-state index in [9.17, 15) is 19.8 Å². The van der Waals surface area contributed by atoms with Gasteiger partial charge in [0.05, 0.1) is 13.1 Å². The van der Waals surface area contributed by atoms with Gasteiger partial charge < -0.3 is 19.7 Å². The highest BCUT2D eigenvalue weighted by atomic mass is 16.6. The van der Waals surface area contributed by atoms with Crippen LogP contribution >= 0.6 is 0 Å². The highest BCUT2D eigenvalue weighted by Crippen LogP contribution is 2.21. The second-order valence-corrected chi connectivity index (χ2v) is 6.29. The molecule has 2 N–H and O–H groups in total. The lowest BCUT2D eigenvalue weighted by molar-refractivity contribution is -0.155. The first-order chi connectivity index (χ1) is 12.5. The first-order valence-corrected chi connectivity index (χ1v) is 8.66. The van der Waals surface area contributed by atoms with Crippen molar-refractivity contribution in [2.45, 2.75) is 32.3 Å². The summed E-state index contributed by atoms with van der Waals surface area (Å²) in [5.74, 6) is 0.458. The smallest absolute Gasteiger partial charge is 0.344 e. The van der Waals surface area contributed by atoms with Gasteiger partial charge in [0.15, 0.2) is 6.61 Å². The molecule has 0 radical (unpaired) electrons. The summed E-state index contributed by atoms with van der Waals surface area (Å²) in [7, 11) is 0. The fourth-order valence-electron chi connectivity index (χ4n) is 2.71. The predicted molar refractivity (Wildman–Crippen MR) is 93.5 cm³/mol. The highest BCUT2D eigenvalue weighted by Gasteiger charge is 2.33. The van der Waals surface area contributed by atoms with Crippen LogP contribution in [-0.2, 0) is 9.53 Å². The van der Waals surface area contributed by atoms with Crippen molar-refractivity contribution in [2.24, 2.45) is 0 Å². The standard InChI is InChI=1S/C18H26N2O6/c1-3-13(2)14-4-6-15(7-5-14)25-10-17(23)26-16-8-19(11-21)18(24)20(9-16)12-22/h4-7,13,16,21-22H,3,8-12H2,1-2H3. The van der Waals surface area contributed by atoms with E-state index in [-0.39, 0.29) is 19.7 Å². The minimum atomic E-state index is -0.643. The van der Waals surface area contributed by atoms with Crippen molar-refractivity contribution in [3.63, 3.8) is 0 Å². The second-order valence-electron chi connectivity index (χ2n) is 6.29. The number of benzene rings is 1. The van der Waals surface area contributed by atoms with Gasteiger partial charge in [0.1, 0.15) is 25.3 Å². The molecule has 144 valence electrons. The fourth-order valence-corrected chi connectivity index (χ4v) is 2.71. The number of urea groups is 1. The number of esters is 1. The number of amides is 2. The molecule has 1 aliphatic heterocycles. The van der Waals surface area contributed by atoms with E-state index in [0.717, 1.165) is 16.2 Å². The third kappa shape index (κ3) is 5.09. The lowest BCUT2D eigenvalue weighted by atomic mass is 9.99. The number of carbonyl (C=O) groups excluding carboxylic acids is 2. The molecule has 1 atom stereocenters. The Morgan fingerprint density at radius 2 is 1.77 bits per heavy atom. The van der Waals surface area contributed by atoms with Crippen molar-refractivity contribution >= 4 is 12.0 Å². The minimum Gasteiger partial charge on any atom is -0.482 e. The van der Waals surface area contributed by atoms with Gasteiger partial charge in [-0.05, 0) is 30.0 Å². The van der Waals surface area contributed by atoms with Gasteiger partial charge in [0, 0.05) is 0 Å². The molecule has 8 nitrogen and oxygen atoms in total. The molecule has 2 amide bonds. The Kier molecular flexibility index (Phi) is 7.23. The van der Waals surface area contributed by atoms with Crippen LogP contribution in [0.5, 0.6) is 5.75 Å². The first-order valence-electron chi connectivity index (χ1n) is 8.66. The summed E-state index contributed by atoms with van der Waals surface area (Å²) < 4.78 is 10.7. The van der Waals surface area contributed by atoms with E-state index < -0.39 is 31.6 Å². The van der Waals surface area contributed by atoms with E-state index in [1.54, 1.807) is 0 Å².